The SMILES string of the molecule is COc1ccc(C)cc1N1CCN(C(=O)CC(C)(C)C)[C@@H](C)C1=O. The molecule has 24 heavy (non-hydrogen) atoms. The number of methoxy groups -OCH3 is 1. The Hall–Kier alpha value is -2.04. The zero-order chi connectivity index (χ0) is 18.1. The Labute approximate surface area is 144 Å². The van der Waals surface area contributed by atoms with E-state index in [0.29, 0.717) is 25.3 Å². The molecule has 1 atom stereocenters. The fraction of sp³-hybridized carbons (Fsp3) is 0.579. The lowest BCUT2D eigenvalue weighted by Crippen LogP contribution is -2.58. The third-order valence-corrected chi connectivity index (χ3v) is 4.28. The van der Waals surface area contributed by atoms with Crippen LogP contribution in [0, 0.1) is 12.3 Å². The molecular weight excluding hydrogens is 304 g/mol. The Balaban J connectivity index is 2.21. The highest BCUT2D eigenvalue weighted by Gasteiger charge is 2.36. The molecule has 0 aromatic heterocycles. The number of carbonyl (C=O) groups is 2. The minimum absolute atomic E-state index is 0.0409. The van der Waals surface area contributed by atoms with Crippen molar-refractivity contribution in [3.63, 3.8) is 0 Å². The molecule has 0 radical (unpaired) electrons. The summed E-state index contributed by atoms with van der Waals surface area (Å²) in [4.78, 5) is 28.8. The van der Waals surface area contributed by atoms with E-state index in [4.69, 9.17) is 4.74 Å². The third-order valence-electron chi connectivity index (χ3n) is 4.28. The second-order valence-corrected chi connectivity index (χ2v) is 7.67. The van der Waals surface area contributed by atoms with E-state index in [1.165, 1.54) is 0 Å². The van der Waals surface area contributed by atoms with E-state index in [9.17, 15) is 9.59 Å². The molecule has 0 aliphatic carbocycles. The van der Waals surface area contributed by atoms with E-state index >= 15 is 0 Å². The minimum atomic E-state index is -0.459. The molecule has 0 N–H and O–H groups in total. The number of anilines is 1. The van der Waals surface area contributed by atoms with Gasteiger partial charge in [0.2, 0.25) is 11.8 Å². The van der Waals surface area contributed by atoms with Crippen LogP contribution in [0.4, 0.5) is 5.69 Å². The molecule has 1 aliphatic rings. The van der Waals surface area contributed by atoms with Crippen molar-refractivity contribution in [2.75, 3.05) is 25.1 Å². The third kappa shape index (κ3) is 3.89. The summed E-state index contributed by atoms with van der Waals surface area (Å²) in [5.41, 5.74) is 1.76. The first kappa shape index (κ1) is 18.3. The summed E-state index contributed by atoms with van der Waals surface area (Å²) in [5, 5.41) is 0. The van der Waals surface area contributed by atoms with Gasteiger partial charge in [-0.05, 0) is 37.0 Å². The summed E-state index contributed by atoms with van der Waals surface area (Å²) in [7, 11) is 1.60. The molecule has 1 aromatic rings. The van der Waals surface area contributed by atoms with Gasteiger partial charge in [0.05, 0.1) is 12.8 Å². The number of rotatable bonds is 3. The van der Waals surface area contributed by atoms with Gasteiger partial charge in [0, 0.05) is 19.5 Å². The topological polar surface area (TPSA) is 49.9 Å². The molecule has 1 heterocycles. The second kappa shape index (κ2) is 6.83. The maximum Gasteiger partial charge on any atom is 0.249 e. The van der Waals surface area contributed by atoms with Gasteiger partial charge in [-0.1, -0.05) is 26.8 Å². The van der Waals surface area contributed by atoms with Gasteiger partial charge in [-0.25, -0.2) is 0 Å². The number of amides is 2. The summed E-state index contributed by atoms with van der Waals surface area (Å²) in [6.07, 6.45) is 0.443. The minimum Gasteiger partial charge on any atom is -0.495 e. The van der Waals surface area contributed by atoms with E-state index in [2.05, 4.69) is 0 Å². The Bertz CT molecular complexity index is 634. The predicted octanol–water partition coefficient (Wildman–Crippen LogP) is 3.00. The normalized spacial score (nSPS) is 18.8. The van der Waals surface area contributed by atoms with Gasteiger partial charge in [-0.15, -0.1) is 0 Å². The first-order valence-corrected chi connectivity index (χ1v) is 8.39. The zero-order valence-corrected chi connectivity index (χ0v) is 15.5. The number of piperazine rings is 1. The Morgan fingerprint density at radius 3 is 2.54 bits per heavy atom. The Kier molecular flexibility index (Phi) is 5.21. The highest BCUT2D eigenvalue weighted by atomic mass is 16.5. The van der Waals surface area contributed by atoms with Gasteiger partial charge < -0.3 is 14.5 Å². The number of hydrogen-bond donors (Lipinski definition) is 0. The van der Waals surface area contributed by atoms with Crippen LogP contribution in [0.15, 0.2) is 18.2 Å². The highest BCUT2D eigenvalue weighted by Crippen LogP contribution is 2.32. The average molecular weight is 332 g/mol. The first-order chi connectivity index (χ1) is 11.1. The second-order valence-electron chi connectivity index (χ2n) is 7.67. The lowest BCUT2D eigenvalue weighted by Gasteiger charge is -2.40. The van der Waals surface area contributed by atoms with Crippen molar-refractivity contribution in [1.82, 2.24) is 4.90 Å². The molecule has 5 nitrogen and oxygen atoms in total. The van der Waals surface area contributed by atoms with Crippen LogP contribution in [-0.4, -0.2) is 43.0 Å². The first-order valence-electron chi connectivity index (χ1n) is 8.39. The van der Waals surface area contributed by atoms with Crippen LogP contribution >= 0.6 is 0 Å². The van der Waals surface area contributed by atoms with Crippen molar-refractivity contribution in [2.45, 2.75) is 47.1 Å². The van der Waals surface area contributed by atoms with Crippen LogP contribution in [0.5, 0.6) is 5.75 Å². The number of nitrogens with zero attached hydrogens (tertiary/aromatic N) is 2. The predicted molar refractivity (Wildman–Crippen MR) is 95.3 cm³/mol. The van der Waals surface area contributed by atoms with Crippen LogP contribution in [0.2, 0.25) is 0 Å². The standard InChI is InChI=1S/C19H28N2O3/c1-13-7-8-16(24-6)15(11-13)21-10-9-20(14(2)18(21)23)17(22)12-19(3,4)5/h7-8,11,14H,9-10,12H2,1-6H3/t14-/m0/s1. The molecule has 5 heteroatoms. The highest BCUT2D eigenvalue weighted by molar-refractivity contribution is 6.01. The number of ether oxygens (including phenoxy) is 1. The summed E-state index contributed by atoms with van der Waals surface area (Å²) < 4.78 is 5.40. The molecule has 2 amide bonds. The van der Waals surface area contributed by atoms with Crippen LogP contribution < -0.4 is 9.64 Å². The van der Waals surface area contributed by atoms with Gasteiger partial charge in [-0.3, -0.25) is 9.59 Å². The molecular formula is C19H28N2O3. The van der Waals surface area contributed by atoms with E-state index in [0.717, 1.165) is 11.3 Å². The van der Waals surface area contributed by atoms with Crippen molar-refractivity contribution in [1.29, 1.82) is 0 Å². The van der Waals surface area contributed by atoms with Crippen LogP contribution in [0.25, 0.3) is 0 Å². The fourth-order valence-electron chi connectivity index (χ4n) is 3.02. The van der Waals surface area contributed by atoms with E-state index in [1.54, 1.807) is 23.8 Å². The molecule has 1 fully saturated rings. The quantitative estimate of drug-likeness (QED) is 0.855. The van der Waals surface area contributed by atoms with E-state index < -0.39 is 6.04 Å². The number of hydrogen-bond acceptors (Lipinski definition) is 3. The van der Waals surface area contributed by atoms with Crippen molar-refractivity contribution >= 4 is 17.5 Å². The Morgan fingerprint density at radius 1 is 1.29 bits per heavy atom. The number of benzene rings is 1. The van der Waals surface area contributed by atoms with Crippen molar-refractivity contribution in [2.24, 2.45) is 5.41 Å². The number of carbonyl (C=O) groups excluding carboxylic acids is 2. The fourth-order valence-corrected chi connectivity index (χ4v) is 3.02. The van der Waals surface area contributed by atoms with Crippen LogP contribution in [-0.2, 0) is 9.59 Å². The molecule has 0 bridgehead atoms. The lowest BCUT2D eigenvalue weighted by molar-refractivity contribution is -0.142. The summed E-state index contributed by atoms with van der Waals surface area (Å²) in [6.45, 7) is 10.9. The molecule has 1 aromatic carbocycles. The molecule has 0 unspecified atom stereocenters. The summed E-state index contributed by atoms with van der Waals surface area (Å²) in [6, 6.07) is 5.33. The molecule has 132 valence electrons. The maximum atomic E-state index is 12.9. The van der Waals surface area contributed by atoms with Crippen LogP contribution in [0.3, 0.4) is 0 Å². The monoisotopic (exact) mass is 332 g/mol. The maximum absolute atomic E-state index is 12.9. The zero-order valence-electron chi connectivity index (χ0n) is 15.5. The molecule has 1 saturated heterocycles. The van der Waals surface area contributed by atoms with E-state index in [1.807, 2.05) is 45.9 Å². The smallest absolute Gasteiger partial charge is 0.249 e. The summed E-state index contributed by atoms with van der Waals surface area (Å²) >= 11 is 0. The largest absolute Gasteiger partial charge is 0.495 e. The molecule has 0 saturated carbocycles. The van der Waals surface area contributed by atoms with Gasteiger partial charge in [-0.2, -0.15) is 0 Å². The van der Waals surface area contributed by atoms with Gasteiger partial charge >= 0.3 is 0 Å². The average Bonchev–Trinajstić information content (AvgIpc) is 2.48. The van der Waals surface area contributed by atoms with Crippen molar-refractivity contribution < 1.29 is 14.3 Å². The van der Waals surface area contributed by atoms with E-state index in [-0.39, 0.29) is 17.2 Å². The van der Waals surface area contributed by atoms with Gasteiger partial charge in [0.25, 0.3) is 0 Å². The molecule has 0 spiro atoms. The molecule has 2 rings (SSSR count). The Morgan fingerprint density at radius 2 is 1.96 bits per heavy atom. The van der Waals surface area contributed by atoms with Crippen LogP contribution in [0.1, 0.15) is 39.7 Å². The lowest BCUT2D eigenvalue weighted by atomic mass is 9.91. The molecule has 1 aliphatic heterocycles. The van der Waals surface area contributed by atoms with Gasteiger partial charge in [0.1, 0.15) is 11.8 Å². The summed E-state index contributed by atoms with van der Waals surface area (Å²) in [5.74, 6) is 0.655. The van der Waals surface area contributed by atoms with Crippen molar-refractivity contribution in [3.8, 4) is 5.75 Å². The van der Waals surface area contributed by atoms with Crippen molar-refractivity contribution in [3.05, 3.63) is 23.8 Å². The number of aryl methyl sites for hydroxylation is 1. The van der Waals surface area contributed by atoms with Gasteiger partial charge in [0.15, 0.2) is 0 Å².